The third kappa shape index (κ3) is 4.41. The molecule has 0 spiro atoms. The number of aryl methyl sites for hydroxylation is 2. The van der Waals surface area contributed by atoms with Gasteiger partial charge in [0.25, 0.3) is 0 Å². The van der Waals surface area contributed by atoms with E-state index in [2.05, 4.69) is 90.2 Å². The summed E-state index contributed by atoms with van der Waals surface area (Å²) in [4.78, 5) is 18.2. The summed E-state index contributed by atoms with van der Waals surface area (Å²) in [7, 11) is 0. The Bertz CT molecular complexity index is 1430. The first-order chi connectivity index (χ1) is 18.1. The predicted octanol–water partition coefficient (Wildman–Crippen LogP) is 5.57. The van der Waals surface area contributed by atoms with Crippen molar-refractivity contribution in [3.8, 4) is 11.5 Å². The monoisotopic (exact) mass is 495 g/mol. The number of para-hydroxylation sites is 2. The number of ether oxygens (including phenoxy) is 2. The van der Waals surface area contributed by atoms with Crippen molar-refractivity contribution < 1.29 is 14.3 Å². The second kappa shape index (κ2) is 9.85. The van der Waals surface area contributed by atoms with Gasteiger partial charge in [0.1, 0.15) is 0 Å². The molecular weight excluding hydrogens is 462 g/mol. The van der Waals surface area contributed by atoms with Crippen LogP contribution in [-0.2, 0) is 11.3 Å². The Morgan fingerprint density at radius 2 is 1.68 bits per heavy atom. The lowest BCUT2D eigenvalue weighted by Crippen LogP contribution is -2.49. The van der Waals surface area contributed by atoms with Gasteiger partial charge < -0.3 is 23.8 Å². The van der Waals surface area contributed by atoms with Gasteiger partial charge in [-0.15, -0.1) is 0 Å². The van der Waals surface area contributed by atoms with Crippen LogP contribution >= 0.6 is 0 Å². The molecule has 0 radical (unpaired) electrons. The topological polar surface area (TPSA) is 46.9 Å². The largest absolute Gasteiger partial charge is 0.454 e. The fraction of sp³-hybridized carbons (Fsp3) is 0.323. The summed E-state index contributed by atoms with van der Waals surface area (Å²) in [6.07, 6.45) is 2.64. The van der Waals surface area contributed by atoms with Crippen LogP contribution in [0.25, 0.3) is 10.9 Å². The van der Waals surface area contributed by atoms with E-state index in [1.807, 2.05) is 11.0 Å². The van der Waals surface area contributed by atoms with E-state index in [0.29, 0.717) is 6.42 Å². The quantitative estimate of drug-likeness (QED) is 0.351. The molecule has 3 aromatic carbocycles. The highest BCUT2D eigenvalue weighted by atomic mass is 16.7. The van der Waals surface area contributed by atoms with Crippen molar-refractivity contribution in [1.29, 1.82) is 0 Å². The van der Waals surface area contributed by atoms with Crippen LogP contribution in [0.15, 0.2) is 72.9 Å². The van der Waals surface area contributed by atoms with Crippen molar-refractivity contribution in [2.24, 2.45) is 0 Å². The van der Waals surface area contributed by atoms with Gasteiger partial charge in [0.05, 0.1) is 0 Å². The highest BCUT2D eigenvalue weighted by Crippen LogP contribution is 2.40. The van der Waals surface area contributed by atoms with Gasteiger partial charge in [-0.05, 0) is 54.8 Å². The van der Waals surface area contributed by atoms with Crippen molar-refractivity contribution in [3.63, 3.8) is 0 Å². The van der Waals surface area contributed by atoms with Gasteiger partial charge in [0.15, 0.2) is 11.5 Å². The minimum Gasteiger partial charge on any atom is -0.454 e. The van der Waals surface area contributed by atoms with Crippen LogP contribution in [0.3, 0.4) is 0 Å². The third-order valence-corrected chi connectivity index (χ3v) is 7.80. The first kappa shape index (κ1) is 23.5. The first-order valence-corrected chi connectivity index (χ1v) is 13.2. The number of piperazine rings is 1. The van der Waals surface area contributed by atoms with Crippen molar-refractivity contribution >= 4 is 22.5 Å². The van der Waals surface area contributed by atoms with Crippen LogP contribution in [0.1, 0.15) is 36.0 Å². The maximum atomic E-state index is 13.8. The molecule has 1 fully saturated rings. The Kier molecular flexibility index (Phi) is 6.25. The van der Waals surface area contributed by atoms with E-state index >= 15 is 0 Å². The summed E-state index contributed by atoms with van der Waals surface area (Å²) in [5, 5.41) is 1.20. The van der Waals surface area contributed by atoms with E-state index in [1.165, 1.54) is 27.7 Å². The number of hydrogen-bond acceptors (Lipinski definition) is 4. The number of rotatable bonds is 6. The molecule has 1 saturated heterocycles. The molecule has 1 amide bonds. The Hall–Kier alpha value is -3.93. The zero-order chi connectivity index (χ0) is 25.4. The number of aromatic nitrogens is 1. The molecule has 4 aromatic rings. The van der Waals surface area contributed by atoms with Crippen molar-refractivity contribution in [2.75, 3.05) is 37.9 Å². The van der Waals surface area contributed by atoms with Gasteiger partial charge in [0.2, 0.25) is 12.7 Å². The lowest BCUT2D eigenvalue weighted by molar-refractivity contribution is -0.131. The standard InChI is InChI=1S/C31H33N3O3/c1-3-32-20-26(24-9-5-7-11-28(24)32)25(23-12-13-29-30(18-23)37-21-36-29)19-31(35)34-16-14-33(15-17-34)27-10-6-4-8-22(27)2/h4-13,18,20,25H,3,14-17,19,21H2,1-2H3/t25-/m1/s1. The Morgan fingerprint density at radius 1 is 0.919 bits per heavy atom. The maximum Gasteiger partial charge on any atom is 0.231 e. The van der Waals surface area contributed by atoms with E-state index in [1.54, 1.807) is 0 Å². The molecule has 1 aromatic heterocycles. The average molecular weight is 496 g/mol. The van der Waals surface area contributed by atoms with Gasteiger partial charge in [0, 0.05) is 67.8 Å². The molecule has 0 unspecified atom stereocenters. The molecule has 3 heterocycles. The molecule has 190 valence electrons. The lowest BCUT2D eigenvalue weighted by atomic mass is 9.87. The minimum atomic E-state index is -0.0749. The number of benzene rings is 3. The first-order valence-electron chi connectivity index (χ1n) is 13.2. The average Bonchev–Trinajstić information content (AvgIpc) is 3.56. The maximum absolute atomic E-state index is 13.8. The SMILES string of the molecule is CCn1cc([C@H](CC(=O)N2CCN(c3ccccc3C)CC2)c2ccc3c(c2)OCO3)c2ccccc21. The number of amides is 1. The summed E-state index contributed by atoms with van der Waals surface area (Å²) in [6, 6.07) is 23.1. The molecule has 37 heavy (non-hydrogen) atoms. The molecule has 2 aliphatic rings. The van der Waals surface area contributed by atoms with Crippen molar-refractivity contribution in [1.82, 2.24) is 9.47 Å². The summed E-state index contributed by atoms with van der Waals surface area (Å²) in [5.41, 5.74) is 6.00. The number of anilines is 1. The van der Waals surface area contributed by atoms with Crippen LogP contribution in [0.2, 0.25) is 0 Å². The molecule has 0 bridgehead atoms. The van der Waals surface area contributed by atoms with Crippen LogP contribution in [0.5, 0.6) is 11.5 Å². The van der Waals surface area contributed by atoms with Gasteiger partial charge in [-0.3, -0.25) is 4.79 Å². The molecule has 2 aliphatic heterocycles. The summed E-state index contributed by atoms with van der Waals surface area (Å²) < 4.78 is 13.5. The number of carbonyl (C=O) groups excluding carboxylic acids is 1. The van der Waals surface area contributed by atoms with E-state index in [4.69, 9.17) is 9.47 Å². The zero-order valence-corrected chi connectivity index (χ0v) is 21.5. The Morgan fingerprint density at radius 3 is 2.49 bits per heavy atom. The molecule has 6 nitrogen and oxygen atoms in total. The smallest absolute Gasteiger partial charge is 0.231 e. The molecule has 0 N–H and O–H groups in total. The minimum absolute atomic E-state index is 0.0749. The Labute approximate surface area is 218 Å². The van der Waals surface area contributed by atoms with Gasteiger partial charge in [-0.1, -0.05) is 42.5 Å². The summed E-state index contributed by atoms with van der Waals surface area (Å²) in [6.45, 7) is 8.59. The molecule has 0 saturated carbocycles. The second-order valence-corrected chi connectivity index (χ2v) is 9.91. The lowest BCUT2D eigenvalue weighted by Gasteiger charge is -2.37. The van der Waals surface area contributed by atoms with Crippen LogP contribution in [0.4, 0.5) is 5.69 Å². The predicted molar refractivity (Wildman–Crippen MR) is 147 cm³/mol. The fourth-order valence-electron chi connectivity index (χ4n) is 5.77. The molecular formula is C31H33N3O3. The van der Waals surface area contributed by atoms with E-state index < -0.39 is 0 Å². The second-order valence-electron chi connectivity index (χ2n) is 9.91. The number of carbonyl (C=O) groups is 1. The fourth-order valence-corrected chi connectivity index (χ4v) is 5.77. The third-order valence-electron chi connectivity index (χ3n) is 7.80. The molecule has 0 aliphatic carbocycles. The Balaban J connectivity index is 1.28. The normalized spacial score (nSPS) is 15.8. The van der Waals surface area contributed by atoms with Gasteiger partial charge in [-0.2, -0.15) is 0 Å². The van der Waals surface area contributed by atoms with Crippen molar-refractivity contribution in [3.05, 3.63) is 89.6 Å². The van der Waals surface area contributed by atoms with Crippen molar-refractivity contribution in [2.45, 2.75) is 32.7 Å². The summed E-state index contributed by atoms with van der Waals surface area (Å²) in [5.74, 6) is 1.63. The molecule has 6 heteroatoms. The summed E-state index contributed by atoms with van der Waals surface area (Å²) >= 11 is 0. The highest BCUT2D eigenvalue weighted by molar-refractivity contribution is 5.87. The number of fused-ring (bicyclic) bond motifs is 2. The van der Waals surface area contributed by atoms with E-state index in [9.17, 15) is 4.79 Å². The highest BCUT2D eigenvalue weighted by Gasteiger charge is 2.29. The van der Waals surface area contributed by atoms with Crippen LogP contribution < -0.4 is 14.4 Å². The number of nitrogens with zero attached hydrogens (tertiary/aromatic N) is 3. The van der Waals surface area contributed by atoms with Gasteiger partial charge >= 0.3 is 0 Å². The van der Waals surface area contributed by atoms with E-state index in [0.717, 1.165) is 49.8 Å². The van der Waals surface area contributed by atoms with Crippen LogP contribution in [0, 0.1) is 6.92 Å². The van der Waals surface area contributed by atoms with Gasteiger partial charge in [-0.25, -0.2) is 0 Å². The van der Waals surface area contributed by atoms with E-state index in [-0.39, 0.29) is 18.6 Å². The molecule has 6 rings (SSSR count). The zero-order valence-electron chi connectivity index (χ0n) is 21.5. The van der Waals surface area contributed by atoms with Crippen LogP contribution in [-0.4, -0.2) is 48.3 Å². The molecule has 1 atom stereocenters. The number of hydrogen-bond donors (Lipinski definition) is 0.